The summed E-state index contributed by atoms with van der Waals surface area (Å²) in [5.41, 5.74) is -2.95. The maximum absolute atomic E-state index is 14.5. The average Bonchev–Trinajstić information content (AvgIpc) is 3.42. The van der Waals surface area contributed by atoms with Crippen LogP contribution in [0.4, 0.5) is 9.59 Å². The van der Waals surface area contributed by atoms with E-state index in [0.717, 1.165) is 0 Å². The second-order valence-corrected chi connectivity index (χ2v) is 22.2. The number of nitrogens with zero attached hydrogens (tertiary/aromatic N) is 4. The number of Topliss-reactive ketones (excluding diaryl/α,β-unsaturated/α-hetero) is 2. The number of likely N-dealkylation sites (N-methyl/N-ethyl adjacent to an activating group) is 2. The molecule has 6 amide bonds. The van der Waals surface area contributed by atoms with Gasteiger partial charge in [-0.3, -0.25) is 38.6 Å². The van der Waals surface area contributed by atoms with Crippen molar-refractivity contribution < 1.29 is 47.8 Å². The lowest BCUT2D eigenvalue weighted by molar-refractivity contribution is -0.147. The van der Waals surface area contributed by atoms with Gasteiger partial charge in [0.05, 0.1) is 29.3 Å². The van der Waals surface area contributed by atoms with Gasteiger partial charge < -0.3 is 29.9 Å². The van der Waals surface area contributed by atoms with Gasteiger partial charge in [0.15, 0.2) is 11.6 Å². The normalized spacial score (nSPS) is 27.6. The van der Waals surface area contributed by atoms with Gasteiger partial charge in [0, 0.05) is 14.1 Å². The van der Waals surface area contributed by atoms with Crippen LogP contribution in [0.5, 0.6) is 0 Å². The summed E-state index contributed by atoms with van der Waals surface area (Å²) < 4.78 is 10.8. The molecule has 332 valence electrons. The highest BCUT2D eigenvalue weighted by atomic mass is 32.2. The first kappa shape index (κ1) is 48.1. The molecular formula is C41H66N6O10S2. The quantitative estimate of drug-likeness (QED) is 0.299. The van der Waals surface area contributed by atoms with Crippen LogP contribution in [-0.2, 0) is 38.2 Å². The number of ketones is 2. The van der Waals surface area contributed by atoms with Crippen molar-refractivity contribution >= 4 is 70.9 Å². The number of rotatable bonds is 10. The van der Waals surface area contributed by atoms with E-state index in [2.05, 4.69) is 10.6 Å². The molecule has 59 heavy (non-hydrogen) atoms. The predicted molar refractivity (Wildman–Crippen MR) is 225 cm³/mol. The maximum Gasteiger partial charge on any atom is 0.410 e. The van der Waals surface area contributed by atoms with Crippen molar-refractivity contribution in [1.82, 2.24) is 30.2 Å². The Morgan fingerprint density at radius 3 is 1.31 bits per heavy atom. The summed E-state index contributed by atoms with van der Waals surface area (Å²) in [7, 11) is 2.90. The van der Waals surface area contributed by atoms with Crippen LogP contribution in [0.2, 0.25) is 0 Å². The Morgan fingerprint density at radius 2 is 1.00 bits per heavy atom. The molecule has 4 aliphatic rings. The zero-order valence-electron chi connectivity index (χ0n) is 37.3. The van der Waals surface area contributed by atoms with Crippen LogP contribution in [0, 0.1) is 10.8 Å². The van der Waals surface area contributed by atoms with Crippen molar-refractivity contribution in [2.45, 2.75) is 173 Å². The van der Waals surface area contributed by atoms with Gasteiger partial charge in [0.25, 0.3) is 0 Å². The van der Waals surface area contributed by atoms with Crippen LogP contribution < -0.4 is 10.6 Å². The number of hydrogen-bond donors (Lipinski definition) is 2. The molecule has 4 heterocycles. The van der Waals surface area contributed by atoms with Gasteiger partial charge >= 0.3 is 12.2 Å². The summed E-state index contributed by atoms with van der Waals surface area (Å²) in [4.78, 5) is 115. The lowest BCUT2D eigenvalue weighted by Crippen LogP contribution is -2.58. The Morgan fingerprint density at radius 1 is 0.678 bits per heavy atom. The van der Waals surface area contributed by atoms with Crippen LogP contribution in [0.3, 0.4) is 0 Å². The third kappa shape index (κ3) is 11.1. The third-order valence-corrected chi connectivity index (χ3v) is 14.0. The van der Waals surface area contributed by atoms with Crippen molar-refractivity contribution in [1.29, 1.82) is 0 Å². The number of ether oxygens (including phenoxy) is 2. The van der Waals surface area contributed by atoms with Crippen molar-refractivity contribution in [3.63, 3.8) is 0 Å². The fourth-order valence-electron chi connectivity index (χ4n) is 8.21. The molecule has 4 aliphatic heterocycles. The van der Waals surface area contributed by atoms with Crippen LogP contribution in [0.1, 0.15) is 115 Å². The highest BCUT2D eigenvalue weighted by Gasteiger charge is 2.57. The zero-order chi connectivity index (χ0) is 44.7. The van der Waals surface area contributed by atoms with Gasteiger partial charge in [-0.05, 0) is 103 Å². The number of thioether (sulfide) groups is 2. The molecule has 4 fully saturated rings. The molecule has 0 spiro atoms. The molecule has 0 aliphatic carbocycles. The molecule has 0 aromatic heterocycles. The molecule has 0 aromatic rings. The highest BCUT2D eigenvalue weighted by Crippen LogP contribution is 2.49. The maximum atomic E-state index is 14.5. The summed E-state index contributed by atoms with van der Waals surface area (Å²) in [6.07, 6.45) is -0.281. The number of nitrogens with one attached hydrogen (secondary N) is 2. The fourth-order valence-corrected chi connectivity index (χ4v) is 11.4. The first-order valence-corrected chi connectivity index (χ1v) is 22.5. The van der Waals surface area contributed by atoms with E-state index in [0.29, 0.717) is 37.2 Å². The number of carbonyl (C=O) groups is 8. The second-order valence-electron chi connectivity index (χ2n) is 19.7. The van der Waals surface area contributed by atoms with E-state index >= 15 is 0 Å². The largest absolute Gasteiger partial charge is 0.444 e. The van der Waals surface area contributed by atoms with Crippen LogP contribution >= 0.6 is 23.5 Å². The minimum Gasteiger partial charge on any atom is -0.444 e. The zero-order valence-corrected chi connectivity index (χ0v) is 38.9. The van der Waals surface area contributed by atoms with Crippen molar-refractivity contribution in [2.24, 2.45) is 10.8 Å². The van der Waals surface area contributed by atoms with Gasteiger partial charge in [0.1, 0.15) is 35.4 Å². The van der Waals surface area contributed by atoms with Gasteiger partial charge in [-0.1, -0.05) is 27.7 Å². The molecule has 4 rings (SSSR count). The molecular weight excluding hydrogens is 801 g/mol. The molecule has 2 N–H and O–H groups in total. The highest BCUT2D eigenvalue weighted by molar-refractivity contribution is 8.00. The van der Waals surface area contributed by atoms with Gasteiger partial charge in [-0.2, -0.15) is 0 Å². The number of amides is 6. The van der Waals surface area contributed by atoms with E-state index in [-0.39, 0.29) is 10.7 Å². The van der Waals surface area contributed by atoms with E-state index in [1.165, 1.54) is 57.2 Å². The minimum absolute atomic E-state index is 0.311. The van der Waals surface area contributed by atoms with Gasteiger partial charge in [0.2, 0.25) is 23.6 Å². The topological polar surface area (TPSA) is 192 Å². The predicted octanol–water partition coefficient (Wildman–Crippen LogP) is 4.18. The van der Waals surface area contributed by atoms with E-state index in [9.17, 15) is 38.4 Å². The Kier molecular flexibility index (Phi) is 14.5. The van der Waals surface area contributed by atoms with Crippen molar-refractivity contribution in [3.8, 4) is 0 Å². The van der Waals surface area contributed by atoms with E-state index in [1.807, 2.05) is 27.7 Å². The van der Waals surface area contributed by atoms with Crippen LogP contribution in [-0.4, -0.2) is 151 Å². The second kappa shape index (κ2) is 17.8. The van der Waals surface area contributed by atoms with E-state index in [4.69, 9.17) is 9.47 Å². The number of hydrogen-bond acceptors (Lipinski definition) is 12. The lowest BCUT2D eigenvalue weighted by Gasteiger charge is -2.36. The molecule has 4 saturated heterocycles. The molecule has 0 saturated carbocycles. The Labute approximate surface area is 357 Å². The van der Waals surface area contributed by atoms with Gasteiger partial charge in [-0.25, -0.2) is 9.59 Å². The van der Waals surface area contributed by atoms with Crippen molar-refractivity contribution in [3.05, 3.63) is 0 Å². The Hall–Kier alpha value is -3.54. The molecule has 18 heteroatoms. The molecule has 0 unspecified atom stereocenters. The smallest absolute Gasteiger partial charge is 0.410 e. The molecule has 0 aromatic carbocycles. The summed E-state index contributed by atoms with van der Waals surface area (Å²) in [6.45, 7) is 21.0. The number of fused-ring (bicyclic) bond motifs is 2. The summed E-state index contributed by atoms with van der Waals surface area (Å²) in [6, 6.07) is -5.78. The standard InChI is InChI=1S/C41H66N6O10S2/c1-22(44(13)36(54)56-38(3,4)5)32(50)42-24-15-17-58-28-20-40(9,10)30(46(28)34(24)52)26(48)19-27(49)31-41(11,12)21-29-47(31)35(53)25(16-18-59-29)43-33(51)23(2)45(14)37(55)57-39(6,7)8/h22-25,28-31H,15-21H2,1-14H3,(H,42,50)(H,43,51)/t22-,23-,24-,25-,28-,29-,30+,31+/m0/s1. The fraction of sp³-hybridized carbons (Fsp3) is 0.805. The molecule has 8 atom stereocenters. The van der Waals surface area contributed by atoms with Crippen molar-refractivity contribution in [2.75, 3.05) is 25.6 Å². The molecule has 0 bridgehead atoms. The van der Waals surface area contributed by atoms with Crippen LogP contribution in [0.25, 0.3) is 0 Å². The van der Waals surface area contributed by atoms with E-state index in [1.54, 1.807) is 55.4 Å². The monoisotopic (exact) mass is 866 g/mol. The first-order chi connectivity index (χ1) is 27.0. The summed E-state index contributed by atoms with van der Waals surface area (Å²) in [5.74, 6) is -1.78. The molecule has 0 radical (unpaired) electrons. The van der Waals surface area contributed by atoms with E-state index < -0.39 is 112 Å². The first-order valence-electron chi connectivity index (χ1n) is 20.4. The van der Waals surface area contributed by atoms with Gasteiger partial charge in [-0.15, -0.1) is 23.5 Å². The minimum atomic E-state index is -0.971. The summed E-state index contributed by atoms with van der Waals surface area (Å²) in [5, 5.41) is 4.91. The average molecular weight is 867 g/mol. The Bertz CT molecular complexity index is 1570. The molecule has 16 nitrogen and oxygen atoms in total. The SMILES string of the molecule is C[C@@H](C(=O)N[C@H]1CCS[C@H]2CC(C)(C)[C@@H](C(=O)CC(=O)[C@H]3N4C(=O)[C@@H](NC(=O)[C@H](C)N(C)C(=O)OC(C)(C)C)CCS[C@H]4CC3(C)C)N2C1=O)N(C)C(=O)OC(C)(C)C. The lowest BCUT2D eigenvalue weighted by atomic mass is 9.78. The summed E-state index contributed by atoms with van der Waals surface area (Å²) >= 11 is 3.05. The number of carbonyl (C=O) groups excluding carboxylic acids is 8. The van der Waals surface area contributed by atoms with Crippen LogP contribution in [0.15, 0.2) is 0 Å². The Balaban J connectivity index is 1.51. The third-order valence-electron chi connectivity index (χ3n) is 11.5.